The molecule has 1 aliphatic heterocycles. The molecule has 5 nitrogen and oxygen atoms in total. The molecule has 0 aliphatic carbocycles. The zero-order valence-electron chi connectivity index (χ0n) is 9.77. The minimum Gasteiger partial charge on any atom is -0.465 e. The molecular weight excluding hydrogens is 220 g/mol. The summed E-state index contributed by atoms with van der Waals surface area (Å²) in [5.74, 6) is -0.398. The molecule has 2 rings (SSSR count). The predicted octanol–water partition coefficient (Wildman–Crippen LogP) is 0.135. The number of carbonyl (C=O) groups is 1. The second kappa shape index (κ2) is 4.81. The van der Waals surface area contributed by atoms with Crippen molar-refractivity contribution in [3.8, 4) is 0 Å². The molecule has 0 radical (unpaired) electrons. The highest BCUT2D eigenvalue weighted by Gasteiger charge is 2.31. The van der Waals surface area contributed by atoms with Gasteiger partial charge in [-0.1, -0.05) is 0 Å². The van der Waals surface area contributed by atoms with Gasteiger partial charge >= 0.3 is 5.97 Å². The molecule has 1 aliphatic rings. The topological polar surface area (TPSA) is 71.5 Å². The second-order valence-corrected chi connectivity index (χ2v) is 4.36. The van der Waals surface area contributed by atoms with E-state index in [0.717, 1.165) is 18.7 Å². The number of carbonyl (C=O) groups excluding carboxylic acids is 1. The van der Waals surface area contributed by atoms with Gasteiger partial charge in [0.15, 0.2) is 0 Å². The number of hydrogen-bond acceptors (Lipinski definition) is 5. The van der Waals surface area contributed by atoms with E-state index >= 15 is 0 Å². The standard InChI is InChI=1S/C12H16N2O3/c1-17-11(15)9-2-3-10(14-7-9)6-12(16)4-5-13-8-12/h2-3,7,13,16H,4-6,8H2,1H3. The van der Waals surface area contributed by atoms with Crippen LogP contribution >= 0.6 is 0 Å². The molecule has 1 saturated heterocycles. The third kappa shape index (κ3) is 2.81. The van der Waals surface area contributed by atoms with Crippen LogP contribution in [0.2, 0.25) is 0 Å². The van der Waals surface area contributed by atoms with Gasteiger partial charge < -0.3 is 15.2 Å². The Bertz CT molecular complexity index is 397. The van der Waals surface area contributed by atoms with Crippen molar-refractivity contribution in [2.45, 2.75) is 18.4 Å². The first kappa shape index (κ1) is 12.0. The molecule has 2 heterocycles. The summed E-state index contributed by atoms with van der Waals surface area (Å²) < 4.78 is 4.59. The van der Waals surface area contributed by atoms with Crippen LogP contribution < -0.4 is 5.32 Å². The van der Waals surface area contributed by atoms with E-state index in [1.165, 1.54) is 13.3 Å². The Balaban J connectivity index is 2.05. The van der Waals surface area contributed by atoms with Crippen molar-refractivity contribution < 1.29 is 14.6 Å². The van der Waals surface area contributed by atoms with Crippen LogP contribution in [0.4, 0.5) is 0 Å². The van der Waals surface area contributed by atoms with Gasteiger partial charge in [-0.3, -0.25) is 4.98 Å². The van der Waals surface area contributed by atoms with Gasteiger partial charge in [0.05, 0.1) is 18.3 Å². The molecule has 0 spiro atoms. The van der Waals surface area contributed by atoms with E-state index in [4.69, 9.17) is 0 Å². The number of nitrogens with zero attached hydrogens (tertiary/aromatic N) is 1. The van der Waals surface area contributed by atoms with Crippen molar-refractivity contribution >= 4 is 5.97 Å². The lowest BCUT2D eigenvalue weighted by Crippen LogP contribution is -2.34. The minimum absolute atomic E-state index is 0.398. The number of methoxy groups -OCH3 is 1. The van der Waals surface area contributed by atoms with Gasteiger partial charge in [0.25, 0.3) is 0 Å². The van der Waals surface area contributed by atoms with Crippen molar-refractivity contribution in [3.63, 3.8) is 0 Å². The van der Waals surface area contributed by atoms with Crippen LogP contribution in [0.3, 0.4) is 0 Å². The highest BCUT2D eigenvalue weighted by atomic mass is 16.5. The van der Waals surface area contributed by atoms with Crippen molar-refractivity contribution in [2.75, 3.05) is 20.2 Å². The lowest BCUT2D eigenvalue weighted by Gasteiger charge is -2.20. The van der Waals surface area contributed by atoms with Crippen LogP contribution in [0, 0.1) is 0 Å². The summed E-state index contributed by atoms with van der Waals surface area (Å²) >= 11 is 0. The zero-order chi connectivity index (χ0) is 12.3. The lowest BCUT2D eigenvalue weighted by molar-refractivity contribution is 0.0600. The highest BCUT2D eigenvalue weighted by Crippen LogP contribution is 2.19. The van der Waals surface area contributed by atoms with Crippen molar-refractivity contribution in [3.05, 3.63) is 29.6 Å². The van der Waals surface area contributed by atoms with Gasteiger partial charge in [-0.2, -0.15) is 0 Å². The summed E-state index contributed by atoms with van der Waals surface area (Å²) in [6.07, 6.45) is 2.71. The third-order valence-corrected chi connectivity index (χ3v) is 2.98. The van der Waals surface area contributed by atoms with Gasteiger partial charge in [0.1, 0.15) is 0 Å². The van der Waals surface area contributed by atoms with Gasteiger partial charge in [0, 0.05) is 24.9 Å². The monoisotopic (exact) mass is 236 g/mol. The molecule has 1 fully saturated rings. The van der Waals surface area contributed by atoms with Crippen LogP contribution in [0.1, 0.15) is 22.5 Å². The number of nitrogens with one attached hydrogen (secondary N) is 1. The summed E-state index contributed by atoms with van der Waals surface area (Å²) in [5.41, 5.74) is 0.497. The first-order valence-corrected chi connectivity index (χ1v) is 5.59. The quantitative estimate of drug-likeness (QED) is 0.730. The smallest absolute Gasteiger partial charge is 0.339 e. The molecule has 0 saturated carbocycles. The number of β-amino-alcohol motifs (C(OH)–C–C–N with tert-alkyl or cyclic N) is 1. The molecule has 1 unspecified atom stereocenters. The Morgan fingerprint density at radius 1 is 1.65 bits per heavy atom. The maximum Gasteiger partial charge on any atom is 0.339 e. The summed E-state index contributed by atoms with van der Waals surface area (Å²) in [7, 11) is 1.34. The molecule has 2 N–H and O–H groups in total. The van der Waals surface area contributed by atoms with E-state index in [2.05, 4.69) is 15.0 Å². The lowest BCUT2D eigenvalue weighted by atomic mass is 9.96. The molecule has 0 bridgehead atoms. The fourth-order valence-electron chi connectivity index (χ4n) is 1.99. The molecule has 5 heteroatoms. The van der Waals surface area contributed by atoms with Crippen LogP contribution in [0.15, 0.2) is 18.3 Å². The van der Waals surface area contributed by atoms with Crippen LogP contribution in [0.25, 0.3) is 0 Å². The first-order chi connectivity index (χ1) is 8.13. The fraction of sp³-hybridized carbons (Fsp3) is 0.500. The number of ether oxygens (including phenoxy) is 1. The van der Waals surface area contributed by atoms with Gasteiger partial charge in [-0.05, 0) is 25.1 Å². The predicted molar refractivity (Wildman–Crippen MR) is 61.7 cm³/mol. The molecule has 0 aromatic carbocycles. The molecule has 92 valence electrons. The second-order valence-electron chi connectivity index (χ2n) is 4.36. The maximum absolute atomic E-state index is 11.2. The van der Waals surface area contributed by atoms with Crippen LogP contribution in [0.5, 0.6) is 0 Å². The van der Waals surface area contributed by atoms with Gasteiger partial charge in [0.2, 0.25) is 0 Å². The van der Waals surface area contributed by atoms with E-state index < -0.39 is 11.6 Å². The number of aliphatic hydroxyl groups is 1. The van der Waals surface area contributed by atoms with Crippen LogP contribution in [-0.2, 0) is 11.2 Å². The van der Waals surface area contributed by atoms with Crippen LogP contribution in [-0.4, -0.2) is 41.9 Å². The zero-order valence-corrected chi connectivity index (χ0v) is 9.77. The number of esters is 1. The normalized spacial score (nSPS) is 23.6. The Morgan fingerprint density at radius 3 is 3.00 bits per heavy atom. The van der Waals surface area contributed by atoms with Gasteiger partial charge in [-0.25, -0.2) is 4.79 Å². The Labute approximate surface area is 99.8 Å². The van der Waals surface area contributed by atoms with Gasteiger partial charge in [-0.15, -0.1) is 0 Å². The van der Waals surface area contributed by atoms with E-state index in [9.17, 15) is 9.90 Å². The Morgan fingerprint density at radius 2 is 2.47 bits per heavy atom. The largest absolute Gasteiger partial charge is 0.465 e. The van der Waals surface area contributed by atoms with Crippen molar-refractivity contribution in [1.29, 1.82) is 0 Å². The molecule has 0 amide bonds. The Hall–Kier alpha value is -1.46. The third-order valence-electron chi connectivity index (χ3n) is 2.98. The summed E-state index contributed by atoms with van der Waals surface area (Å²) in [6, 6.07) is 3.42. The highest BCUT2D eigenvalue weighted by molar-refractivity contribution is 5.88. The molecule has 1 aromatic heterocycles. The molecule has 17 heavy (non-hydrogen) atoms. The minimum atomic E-state index is -0.709. The summed E-state index contributed by atoms with van der Waals surface area (Å²) in [5, 5.41) is 13.3. The Kier molecular flexibility index (Phi) is 3.40. The summed E-state index contributed by atoms with van der Waals surface area (Å²) in [4.78, 5) is 15.4. The molecular formula is C12H16N2O3. The summed E-state index contributed by atoms with van der Waals surface area (Å²) in [6.45, 7) is 1.42. The number of aromatic nitrogens is 1. The van der Waals surface area contributed by atoms with Crippen molar-refractivity contribution in [1.82, 2.24) is 10.3 Å². The maximum atomic E-state index is 11.2. The first-order valence-electron chi connectivity index (χ1n) is 5.59. The SMILES string of the molecule is COC(=O)c1ccc(CC2(O)CCNC2)nc1. The van der Waals surface area contributed by atoms with E-state index in [1.54, 1.807) is 12.1 Å². The van der Waals surface area contributed by atoms with E-state index in [0.29, 0.717) is 18.5 Å². The number of rotatable bonds is 3. The molecule has 1 atom stereocenters. The number of pyridine rings is 1. The fourth-order valence-corrected chi connectivity index (χ4v) is 1.99. The van der Waals surface area contributed by atoms with Crippen molar-refractivity contribution in [2.24, 2.45) is 0 Å². The van der Waals surface area contributed by atoms with E-state index in [-0.39, 0.29) is 0 Å². The average Bonchev–Trinajstić information content (AvgIpc) is 2.76. The molecule has 1 aromatic rings. The number of hydrogen-bond donors (Lipinski definition) is 2. The van der Waals surface area contributed by atoms with E-state index in [1.807, 2.05) is 0 Å². The average molecular weight is 236 g/mol.